The summed E-state index contributed by atoms with van der Waals surface area (Å²) >= 11 is 0. The summed E-state index contributed by atoms with van der Waals surface area (Å²) in [6.07, 6.45) is 14.7. The highest BCUT2D eigenvalue weighted by Crippen LogP contribution is 2.34. The van der Waals surface area contributed by atoms with Gasteiger partial charge in [0, 0.05) is 10.9 Å². The van der Waals surface area contributed by atoms with Crippen molar-refractivity contribution in [2.24, 2.45) is 11.8 Å². The highest BCUT2D eigenvalue weighted by molar-refractivity contribution is 5.85. The first-order valence-corrected chi connectivity index (χ1v) is 12.5. The molecular weight excluding hydrogens is 417 g/mol. The van der Waals surface area contributed by atoms with E-state index in [-0.39, 0.29) is 5.82 Å². The number of rotatable bonds is 6. The van der Waals surface area contributed by atoms with Crippen LogP contribution in [-0.2, 0) is 6.42 Å². The summed E-state index contributed by atoms with van der Waals surface area (Å²) in [6.45, 7) is 2.10. The fraction of sp³-hybridized carbons (Fsp3) is 0.344. The fourth-order valence-electron chi connectivity index (χ4n) is 5.04. The van der Waals surface area contributed by atoms with Gasteiger partial charge < -0.3 is 0 Å². The van der Waals surface area contributed by atoms with Crippen LogP contribution in [0, 0.1) is 40.8 Å². The van der Waals surface area contributed by atoms with E-state index in [0.717, 1.165) is 29.2 Å². The lowest BCUT2D eigenvalue weighted by atomic mass is 9.78. The van der Waals surface area contributed by atoms with Gasteiger partial charge in [0.25, 0.3) is 0 Å². The molecule has 1 fully saturated rings. The van der Waals surface area contributed by atoms with Crippen molar-refractivity contribution in [3.63, 3.8) is 0 Å². The Labute approximate surface area is 203 Å². The van der Waals surface area contributed by atoms with Gasteiger partial charge >= 0.3 is 0 Å². The van der Waals surface area contributed by atoms with Crippen molar-refractivity contribution >= 4 is 10.8 Å². The molecule has 0 aromatic heterocycles. The minimum atomic E-state index is -0.263. The summed E-state index contributed by atoms with van der Waals surface area (Å²) in [4.78, 5) is 0. The maximum Gasteiger partial charge on any atom is 0.146 e. The predicted molar refractivity (Wildman–Crippen MR) is 139 cm³/mol. The van der Waals surface area contributed by atoms with Crippen LogP contribution in [0.5, 0.6) is 0 Å². The number of benzene rings is 3. The zero-order valence-corrected chi connectivity index (χ0v) is 20.0. The molecule has 0 radical (unpaired) electrons. The van der Waals surface area contributed by atoms with Crippen molar-refractivity contribution < 1.29 is 4.39 Å². The third-order valence-electron chi connectivity index (χ3n) is 7.16. The van der Waals surface area contributed by atoms with Crippen LogP contribution in [0.4, 0.5) is 4.39 Å². The molecule has 0 aliphatic heterocycles. The number of allylic oxidation sites excluding steroid dienone is 2. The van der Waals surface area contributed by atoms with Crippen LogP contribution in [0.15, 0.2) is 66.7 Å². The summed E-state index contributed by atoms with van der Waals surface area (Å²) in [5.41, 5.74) is 3.04. The van der Waals surface area contributed by atoms with Gasteiger partial charge in [0.1, 0.15) is 5.82 Å². The largest absolute Gasteiger partial charge is 0.205 e. The Bertz CT molecular complexity index is 1240. The van der Waals surface area contributed by atoms with Crippen molar-refractivity contribution in [2.45, 2.75) is 58.3 Å². The molecule has 0 unspecified atom stereocenters. The molecule has 1 aliphatic carbocycles. The maximum absolute atomic E-state index is 15.1. The summed E-state index contributed by atoms with van der Waals surface area (Å²) in [7, 11) is 0. The van der Waals surface area contributed by atoms with Crippen molar-refractivity contribution in [3.8, 4) is 17.9 Å². The molecule has 2 heteroatoms. The van der Waals surface area contributed by atoms with Crippen LogP contribution in [0.2, 0.25) is 0 Å². The predicted octanol–water partition coefficient (Wildman–Crippen LogP) is 8.35. The number of hydrogen-bond donors (Lipinski definition) is 0. The molecule has 1 nitrogen and oxygen atoms in total. The molecule has 3 aromatic carbocycles. The Kier molecular flexibility index (Phi) is 8.17. The van der Waals surface area contributed by atoms with Gasteiger partial charge in [-0.25, -0.2) is 4.39 Å². The Morgan fingerprint density at radius 1 is 0.882 bits per heavy atom. The molecule has 3 aromatic rings. The van der Waals surface area contributed by atoms with Crippen LogP contribution in [0.1, 0.15) is 74.1 Å². The molecule has 0 saturated heterocycles. The van der Waals surface area contributed by atoms with E-state index < -0.39 is 0 Å². The minimum absolute atomic E-state index is 0.263. The highest BCUT2D eigenvalue weighted by atomic mass is 19.1. The van der Waals surface area contributed by atoms with Gasteiger partial charge in [0.15, 0.2) is 0 Å². The molecule has 0 heterocycles. The first-order valence-electron chi connectivity index (χ1n) is 12.5. The second kappa shape index (κ2) is 11.7. The number of halogens is 1. The molecule has 172 valence electrons. The van der Waals surface area contributed by atoms with E-state index in [0.29, 0.717) is 16.5 Å². The zero-order chi connectivity index (χ0) is 23.8. The van der Waals surface area contributed by atoms with Crippen LogP contribution in [0.25, 0.3) is 10.8 Å². The quantitative estimate of drug-likeness (QED) is 0.274. The van der Waals surface area contributed by atoms with E-state index in [2.05, 4.69) is 49.1 Å². The number of fused-ring (bicyclic) bond motifs is 1. The summed E-state index contributed by atoms with van der Waals surface area (Å²) < 4.78 is 15.1. The third-order valence-corrected chi connectivity index (χ3v) is 7.16. The van der Waals surface area contributed by atoms with Gasteiger partial charge in [-0.2, -0.15) is 5.26 Å². The molecule has 0 bridgehead atoms. The first kappa shape index (κ1) is 23.8. The third kappa shape index (κ3) is 6.15. The molecule has 1 saturated carbocycles. The van der Waals surface area contributed by atoms with E-state index in [9.17, 15) is 0 Å². The smallest absolute Gasteiger partial charge is 0.146 e. The van der Waals surface area contributed by atoms with Crippen LogP contribution in [-0.4, -0.2) is 0 Å². The lowest BCUT2D eigenvalue weighted by Gasteiger charge is -2.28. The topological polar surface area (TPSA) is 23.8 Å². The van der Waals surface area contributed by atoms with Gasteiger partial charge in [0.05, 0.1) is 17.2 Å². The average molecular weight is 450 g/mol. The SMILES string of the molecule is C/C=C/CCC1CCC(CCc2ccc3c(F)c(C#Cc4ccc(C#N)cc4)ccc3c2)CC1. The summed E-state index contributed by atoms with van der Waals surface area (Å²) in [5, 5.41) is 10.5. The molecule has 1 aliphatic rings. The van der Waals surface area contributed by atoms with E-state index >= 15 is 4.39 Å². The van der Waals surface area contributed by atoms with E-state index in [1.165, 1.54) is 50.5 Å². The van der Waals surface area contributed by atoms with E-state index in [1.54, 1.807) is 30.3 Å². The van der Waals surface area contributed by atoms with Gasteiger partial charge in [-0.15, -0.1) is 0 Å². The second-order valence-corrected chi connectivity index (χ2v) is 9.49. The highest BCUT2D eigenvalue weighted by Gasteiger charge is 2.20. The number of hydrogen-bond acceptors (Lipinski definition) is 1. The second-order valence-electron chi connectivity index (χ2n) is 9.49. The van der Waals surface area contributed by atoms with Crippen LogP contribution >= 0.6 is 0 Å². The first-order chi connectivity index (χ1) is 16.7. The lowest BCUT2D eigenvalue weighted by molar-refractivity contribution is 0.254. The van der Waals surface area contributed by atoms with Crippen LogP contribution < -0.4 is 0 Å². The normalized spacial score (nSPS) is 17.9. The van der Waals surface area contributed by atoms with Gasteiger partial charge in [0.2, 0.25) is 0 Å². The monoisotopic (exact) mass is 449 g/mol. The Morgan fingerprint density at radius 2 is 1.59 bits per heavy atom. The Balaban J connectivity index is 1.36. The number of aryl methyl sites for hydroxylation is 1. The minimum Gasteiger partial charge on any atom is -0.205 e. The van der Waals surface area contributed by atoms with Gasteiger partial charge in [-0.3, -0.25) is 0 Å². The van der Waals surface area contributed by atoms with E-state index in [1.807, 2.05) is 12.1 Å². The number of nitrogens with zero attached hydrogens (tertiary/aromatic N) is 1. The molecule has 34 heavy (non-hydrogen) atoms. The lowest BCUT2D eigenvalue weighted by Crippen LogP contribution is -2.15. The summed E-state index contributed by atoms with van der Waals surface area (Å²) in [5.74, 6) is 7.42. The van der Waals surface area contributed by atoms with Gasteiger partial charge in [-0.05, 0) is 85.7 Å². The molecule has 0 amide bonds. The van der Waals surface area contributed by atoms with Gasteiger partial charge in [-0.1, -0.05) is 73.9 Å². The fourth-order valence-corrected chi connectivity index (χ4v) is 5.04. The van der Waals surface area contributed by atoms with Crippen LogP contribution in [0.3, 0.4) is 0 Å². The average Bonchev–Trinajstić information content (AvgIpc) is 2.88. The Morgan fingerprint density at radius 3 is 2.29 bits per heavy atom. The van der Waals surface area contributed by atoms with Crippen molar-refractivity contribution in [3.05, 3.63) is 94.8 Å². The van der Waals surface area contributed by atoms with E-state index in [4.69, 9.17) is 5.26 Å². The van der Waals surface area contributed by atoms with Crippen molar-refractivity contribution in [1.82, 2.24) is 0 Å². The number of nitriles is 1. The molecule has 0 atom stereocenters. The van der Waals surface area contributed by atoms with Crippen molar-refractivity contribution in [2.75, 3.05) is 0 Å². The maximum atomic E-state index is 15.1. The standard InChI is InChI=1S/C32H32FN/c1-2-3-4-5-24-6-8-25(9-7-24)10-13-27-17-21-31-30(22-27)20-19-29(32(31)33)18-16-26-11-14-28(23-34)15-12-26/h2-3,11-12,14-15,17,19-22,24-25H,4-10,13H2,1H3/b3-2+. The zero-order valence-electron chi connectivity index (χ0n) is 20.0. The molecule has 4 rings (SSSR count). The molecule has 0 spiro atoms. The van der Waals surface area contributed by atoms with Crippen molar-refractivity contribution in [1.29, 1.82) is 5.26 Å². The molecule has 0 N–H and O–H groups in total. The summed E-state index contributed by atoms with van der Waals surface area (Å²) in [6, 6.07) is 19.0. The molecular formula is C32H32FN. The Hall–Kier alpha value is -3.36.